The van der Waals surface area contributed by atoms with Gasteiger partial charge in [-0.3, -0.25) is 4.79 Å². The molecular weight excluding hydrogens is 269 g/mol. The predicted molar refractivity (Wildman–Crippen MR) is 62.1 cm³/mol. The number of nitrogens with two attached hydrogens (primary N) is 1. The number of nitrogens with zero attached hydrogens (tertiary/aromatic N) is 2. The topological polar surface area (TPSA) is 72.9 Å². The second-order valence-electron chi connectivity index (χ2n) is 3.34. The molecule has 102 valence electrons. The molecule has 9 heteroatoms. The predicted octanol–water partition coefficient (Wildman–Crippen LogP) is 0.825. The lowest BCUT2D eigenvalue weighted by molar-refractivity contribution is -0.0327. The molecule has 1 rings (SSSR count). The highest BCUT2D eigenvalue weighted by molar-refractivity contribution is 8.00. The summed E-state index contributed by atoms with van der Waals surface area (Å²) in [5, 5.41) is 2.36. The van der Waals surface area contributed by atoms with Crippen LogP contribution in [-0.4, -0.2) is 39.8 Å². The normalized spacial score (nSPS) is 11.6. The van der Waals surface area contributed by atoms with E-state index in [4.69, 9.17) is 5.73 Å². The van der Waals surface area contributed by atoms with Crippen molar-refractivity contribution in [2.24, 2.45) is 5.73 Å². The fourth-order valence-electron chi connectivity index (χ4n) is 1.17. The van der Waals surface area contributed by atoms with Crippen LogP contribution in [-0.2, 0) is 6.54 Å². The van der Waals surface area contributed by atoms with E-state index in [0.717, 1.165) is 0 Å². The van der Waals surface area contributed by atoms with Crippen molar-refractivity contribution in [1.82, 2.24) is 14.9 Å². The standard InChI is InChI=1S/C9H13F3N4OS/c10-9(11,12)18-4-2-14-8(17)7-5-16(3-1-13)6-15-7/h5-6H,1-4,13H2,(H,14,17). The minimum absolute atomic E-state index is 0.0627. The number of halogens is 3. The first-order valence-electron chi connectivity index (χ1n) is 5.13. The molecule has 5 nitrogen and oxygen atoms in total. The number of nitrogens with one attached hydrogen (secondary N) is 1. The summed E-state index contributed by atoms with van der Waals surface area (Å²) in [6.45, 7) is 0.886. The van der Waals surface area contributed by atoms with Crippen molar-refractivity contribution in [3.8, 4) is 0 Å². The Labute approximate surface area is 106 Å². The van der Waals surface area contributed by atoms with Gasteiger partial charge in [-0.15, -0.1) is 0 Å². The second-order valence-corrected chi connectivity index (χ2v) is 4.50. The number of hydrogen-bond donors (Lipinski definition) is 2. The van der Waals surface area contributed by atoms with Crippen LogP contribution in [0.5, 0.6) is 0 Å². The number of hydrogen-bond acceptors (Lipinski definition) is 4. The first-order valence-corrected chi connectivity index (χ1v) is 6.11. The third-order valence-electron chi connectivity index (χ3n) is 1.91. The lowest BCUT2D eigenvalue weighted by Crippen LogP contribution is -2.26. The molecule has 0 saturated heterocycles. The van der Waals surface area contributed by atoms with Gasteiger partial charge in [-0.1, -0.05) is 0 Å². The fraction of sp³-hybridized carbons (Fsp3) is 0.556. The van der Waals surface area contributed by atoms with Crippen molar-refractivity contribution in [2.75, 3.05) is 18.8 Å². The van der Waals surface area contributed by atoms with Crippen molar-refractivity contribution < 1.29 is 18.0 Å². The van der Waals surface area contributed by atoms with Crippen LogP contribution in [0.15, 0.2) is 12.5 Å². The molecule has 0 atom stereocenters. The van der Waals surface area contributed by atoms with Gasteiger partial charge in [0, 0.05) is 31.6 Å². The summed E-state index contributed by atoms with van der Waals surface area (Å²) in [7, 11) is 0. The van der Waals surface area contributed by atoms with Crippen molar-refractivity contribution >= 4 is 17.7 Å². The molecule has 18 heavy (non-hydrogen) atoms. The number of amides is 1. The maximum absolute atomic E-state index is 11.8. The summed E-state index contributed by atoms with van der Waals surface area (Å²) in [6.07, 6.45) is 2.95. The van der Waals surface area contributed by atoms with Crippen LogP contribution in [0.4, 0.5) is 13.2 Å². The number of rotatable bonds is 6. The smallest absolute Gasteiger partial charge is 0.350 e. The van der Waals surface area contributed by atoms with Crippen molar-refractivity contribution in [2.45, 2.75) is 12.1 Å². The highest BCUT2D eigenvalue weighted by Gasteiger charge is 2.27. The molecule has 0 aliphatic heterocycles. The van der Waals surface area contributed by atoms with E-state index in [1.54, 1.807) is 4.57 Å². The SMILES string of the molecule is NCCn1cnc(C(=O)NCCSC(F)(F)F)c1. The molecular formula is C9H13F3N4OS. The molecule has 1 heterocycles. The molecule has 0 aliphatic carbocycles. The minimum atomic E-state index is -4.27. The fourth-order valence-corrected chi connectivity index (χ4v) is 1.61. The van der Waals surface area contributed by atoms with Crippen LogP contribution in [0, 0.1) is 0 Å². The Morgan fingerprint density at radius 1 is 1.56 bits per heavy atom. The molecule has 1 aromatic heterocycles. The summed E-state index contributed by atoms with van der Waals surface area (Å²) in [6, 6.07) is 0. The number of carbonyl (C=O) groups excluding carboxylic acids is 1. The maximum Gasteiger partial charge on any atom is 0.441 e. The van der Waals surface area contributed by atoms with E-state index in [1.807, 2.05) is 0 Å². The lowest BCUT2D eigenvalue weighted by atomic mass is 10.4. The first kappa shape index (κ1) is 14.8. The van der Waals surface area contributed by atoms with Gasteiger partial charge in [0.25, 0.3) is 5.91 Å². The molecule has 1 aromatic rings. The van der Waals surface area contributed by atoms with E-state index in [2.05, 4.69) is 10.3 Å². The van der Waals surface area contributed by atoms with Gasteiger partial charge < -0.3 is 15.6 Å². The number of alkyl halides is 3. The number of carbonyl (C=O) groups is 1. The van der Waals surface area contributed by atoms with Crippen LogP contribution in [0.1, 0.15) is 10.5 Å². The summed E-state index contributed by atoms with van der Waals surface area (Å²) >= 11 is -0.173. The van der Waals surface area contributed by atoms with E-state index in [9.17, 15) is 18.0 Å². The summed E-state index contributed by atoms with van der Waals surface area (Å²) in [4.78, 5) is 15.3. The Hall–Kier alpha value is -1.22. The number of thioether (sulfide) groups is 1. The van der Waals surface area contributed by atoms with Gasteiger partial charge >= 0.3 is 5.51 Å². The number of aromatic nitrogens is 2. The molecule has 0 aliphatic rings. The largest absolute Gasteiger partial charge is 0.441 e. The van der Waals surface area contributed by atoms with E-state index in [0.29, 0.717) is 13.1 Å². The zero-order valence-corrected chi connectivity index (χ0v) is 10.2. The van der Waals surface area contributed by atoms with Gasteiger partial charge in [-0.25, -0.2) is 4.98 Å². The Kier molecular flexibility index (Phi) is 5.48. The Bertz CT molecular complexity index is 393. The Morgan fingerprint density at radius 3 is 2.89 bits per heavy atom. The number of imidazole rings is 1. The van der Waals surface area contributed by atoms with E-state index >= 15 is 0 Å². The molecule has 0 unspecified atom stereocenters. The average molecular weight is 282 g/mol. The average Bonchev–Trinajstić information content (AvgIpc) is 2.72. The quantitative estimate of drug-likeness (QED) is 0.758. The van der Waals surface area contributed by atoms with Crippen molar-refractivity contribution in [3.63, 3.8) is 0 Å². The van der Waals surface area contributed by atoms with E-state index < -0.39 is 11.4 Å². The van der Waals surface area contributed by atoms with Gasteiger partial charge in [0.1, 0.15) is 5.69 Å². The van der Waals surface area contributed by atoms with E-state index in [1.165, 1.54) is 12.5 Å². The van der Waals surface area contributed by atoms with E-state index in [-0.39, 0.29) is 29.8 Å². The maximum atomic E-state index is 11.8. The zero-order valence-electron chi connectivity index (χ0n) is 9.41. The second kappa shape index (κ2) is 6.64. The van der Waals surface area contributed by atoms with Gasteiger partial charge in [-0.2, -0.15) is 13.2 Å². The molecule has 1 amide bonds. The first-order chi connectivity index (χ1) is 8.42. The zero-order chi connectivity index (χ0) is 13.6. The van der Waals surface area contributed by atoms with Crippen LogP contribution < -0.4 is 11.1 Å². The summed E-state index contributed by atoms with van der Waals surface area (Å²) in [5.41, 5.74) is 1.22. The summed E-state index contributed by atoms with van der Waals surface area (Å²) in [5.74, 6) is -0.716. The van der Waals surface area contributed by atoms with Crippen LogP contribution >= 0.6 is 11.8 Å². The van der Waals surface area contributed by atoms with Crippen molar-refractivity contribution in [1.29, 1.82) is 0 Å². The lowest BCUT2D eigenvalue weighted by Gasteiger charge is -2.05. The minimum Gasteiger partial charge on any atom is -0.350 e. The molecule has 3 N–H and O–H groups in total. The van der Waals surface area contributed by atoms with Gasteiger partial charge in [0.2, 0.25) is 0 Å². The van der Waals surface area contributed by atoms with Crippen LogP contribution in [0.2, 0.25) is 0 Å². The Balaban J connectivity index is 2.31. The third-order valence-corrected chi connectivity index (χ3v) is 2.64. The molecule has 0 fully saturated rings. The molecule has 0 radical (unpaired) electrons. The van der Waals surface area contributed by atoms with Gasteiger partial charge in [0.15, 0.2) is 0 Å². The summed E-state index contributed by atoms with van der Waals surface area (Å²) < 4.78 is 37.1. The molecule has 0 saturated carbocycles. The van der Waals surface area contributed by atoms with Gasteiger partial charge in [0.05, 0.1) is 6.33 Å². The van der Waals surface area contributed by atoms with Crippen molar-refractivity contribution in [3.05, 3.63) is 18.2 Å². The van der Waals surface area contributed by atoms with Crippen LogP contribution in [0.3, 0.4) is 0 Å². The molecule has 0 spiro atoms. The third kappa shape index (κ3) is 5.41. The monoisotopic (exact) mass is 282 g/mol. The van der Waals surface area contributed by atoms with Crippen LogP contribution in [0.25, 0.3) is 0 Å². The Morgan fingerprint density at radius 2 is 2.28 bits per heavy atom. The van der Waals surface area contributed by atoms with Gasteiger partial charge in [-0.05, 0) is 11.8 Å². The highest BCUT2D eigenvalue weighted by atomic mass is 32.2. The molecule has 0 aromatic carbocycles. The highest BCUT2D eigenvalue weighted by Crippen LogP contribution is 2.29. The molecule has 0 bridgehead atoms.